The molecule has 2 N–H and O–H groups in total. The standard InChI is InChI=1S/C17H15N5O3/c1-2-25-16-10-8-14(20-22-16)17(24)18-12-5-3-11(4-6-12)13-7-9-15(23)21-19-13/h3-10H,2H2,1H3,(H,18,24)(H,21,23). The summed E-state index contributed by atoms with van der Waals surface area (Å²) in [5.74, 6) is 0.00210. The lowest BCUT2D eigenvalue weighted by molar-refractivity contribution is 0.102. The minimum Gasteiger partial charge on any atom is -0.477 e. The molecular weight excluding hydrogens is 322 g/mol. The van der Waals surface area contributed by atoms with Gasteiger partial charge in [-0.1, -0.05) is 12.1 Å². The van der Waals surface area contributed by atoms with Crippen molar-refractivity contribution in [2.75, 3.05) is 11.9 Å². The number of ether oxygens (including phenoxy) is 1. The molecule has 8 nitrogen and oxygen atoms in total. The Morgan fingerprint density at radius 3 is 2.48 bits per heavy atom. The van der Waals surface area contributed by atoms with Crippen LogP contribution in [0, 0.1) is 0 Å². The van der Waals surface area contributed by atoms with Crippen LogP contribution in [0.2, 0.25) is 0 Å². The highest BCUT2D eigenvalue weighted by molar-refractivity contribution is 6.02. The monoisotopic (exact) mass is 337 g/mol. The van der Waals surface area contributed by atoms with Gasteiger partial charge in [-0.15, -0.1) is 10.2 Å². The lowest BCUT2D eigenvalue weighted by Gasteiger charge is -2.06. The average Bonchev–Trinajstić information content (AvgIpc) is 2.64. The van der Waals surface area contributed by atoms with Crippen LogP contribution in [0.15, 0.2) is 53.3 Å². The number of hydrogen-bond donors (Lipinski definition) is 2. The van der Waals surface area contributed by atoms with Gasteiger partial charge < -0.3 is 10.1 Å². The van der Waals surface area contributed by atoms with Gasteiger partial charge in [-0.05, 0) is 31.2 Å². The number of nitrogens with one attached hydrogen (secondary N) is 2. The molecule has 0 spiro atoms. The van der Waals surface area contributed by atoms with Crippen molar-refractivity contribution in [3.05, 3.63) is 64.6 Å². The summed E-state index contributed by atoms with van der Waals surface area (Å²) in [6.45, 7) is 2.32. The molecule has 0 unspecified atom stereocenters. The fourth-order valence-corrected chi connectivity index (χ4v) is 2.09. The molecule has 2 aromatic heterocycles. The Labute approximate surface area is 142 Å². The molecule has 1 aromatic carbocycles. The van der Waals surface area contributed by atoms with E-state index in [0.717, 1.165) is 5.56 Å². The van der Waals surface area contributed by atoms with Crippen LogP contribution in [0.5, 0.6) is 5.88 Å². The summed E-state index contributed by atoms with van der Waals surface area (Å²) in [4.78, 5) is 23.2. The van der Waals surface area contributed by atoms with E-state index in [1.54, 1.807) is 42.5 Å². The molecule has 0 aliphatic heterocycles. The van der Waals surface area contributed by atoms with Crippen molar-refractivity contribution in [3.63, 3.8) is 0 Å². The smallest absolute Gasteiger partial charge is 0.276 e. The van der Waals surface area contributed by atoms with Gasteiger partial charge in [-0.25, -0.2) is 5.10 Å². The largest absolute Gasteiger partial charge is 0.477 e. The van der Waals surface area contributed by atoms with Crippen molar-refractivity contribution >= 4 is 11.6 Å². The first kappa shape index (κ1) is 16.3. The molecule has 0 saturated heterocycles. The first-order chi connectivity index (χ1) is 12.2. The topological polar surface area (TPSA) is 110 Å². The van der Waals surface area contributed by atoms with E-state index < -0.39 is 0 Å². The summed E-state index contributed by atoms with van der Waals surface area (Å²) in [5, 5.41) is 16.7. The van der Waals surface area contributed by atoms with Crippen molar-refractivity contribution < 1.29 is 9.53 Å². The highest BCUT2D eigenvalue weighted by atomic mass is 16.5. The van der Waals surface area contributed by atoms with E-state index in [0.29, 0.717) is 23.9 Å². The van der Waals surface area contributed by atoms with Crippen molar-refractivity contribution in [2.45, 2.75) is 6.92 Å². The Kier molecular flexibility index (Phi) is 4.79. The first-order valence-corrected chi connectivity index (χ1v) is 7.60. The van der Waals surface area contributed by atoms with Crippen LogP contribution in [0.1, 0.15) is 17.4 Å². The van der Waals surface area contributed by atoms with Crippen LogP contribution < -0.4 is 15.6 Å². The van der Waals surface area contributed by atoms with Gasteiger partial charge in [0.25, 0.3) is 11.5 Å². The Balaban J connectivity index is 1.69. The maximum Gasteiger partial charge on any atom is 0.276 e. The van der Waals surface area contributed by atoms with E-state index in [-0.39, 0.29) is 17.2 Å². The third-order valence-electron chi connectivity index (χ3n) is 3.28. The van der Waals surface area contributed by atoms with Crippen LogP contribution in [-0.2, 0) is 0 Å². The number of nitrogens with zero attached hydrogens (tertiary/aromatic N) is 3. The molecule has 25 heavy (non-hydrogen) atoms. The van der Waals surface area contributed by atoms with E-state index in [1.807, 2.05) is 6.92 Å². The molecule has 3 aromatic rings. The summed E-state index contributed by atoms with van der Waals surface area (Å²) in [5.41, 5.74) is 1.98. The number of rotatable bonds is 5. The number of amides is 1. The Hall–Kier alpha value is -3.55. The highest BCUT2D eigenvalue weighted by Crippen LogP contribution is 2.18. The molecule has 0 radical (unpaired) electrons. The van der Waals surface area contributed by atoms with E-state index in [9.17, 15) is 9.59 Å². The number of aromatic nitrogens is 4. The number of carbonyl (C=O) groups excluding carboxylic acids is 1. The van der Waals surface area contributed by atoms with Crippen LogP contribution >= 0.6 is 0 Å². The van der Waals surface area contributed by atoms with Gasteiger partial charge >= 0.3 is 0 Å². The average molecular weight is 337 g/mol. The van der Waals surface area contributed by atoms with E-state index in [1.165, 1.54) is 6.07 Å². The van der Waals surface area contributed by atoms with Crippen LogP contribution in [0.25, 0.3) is 11.3 Å². The number of aromatic amines is 1. The fourth-order valence-electron chi connectivity index (χ4n) is 2.09. The quantitative estimate of drug-likeness (QED) is 0.735. The van der Waals surface area contributed by atoms with Crippen LogP contribution in [-0.4, -0.2) is 32.9 Å². The molecule has 0 aliphatic carbocycles. The normalized spacial score (nSPS) is 10.3. The Morgan fingerprint density at radius 2 is 1.88 bits per heavy atom. The molecule has 3 rings (SSSR count). The van der Waals surface area contributed by atoms with Crippen molar-refractivity contribution in [2.24, 2.45) is 0 Å². The summed E-state index contributed by atoms with van der Waals surface area (Å²) in [6, 6.07) is 13.2. The lowest BCUT2D eigenvalue weighted by atomic mass is 10.1. The molecule has 126 valence electrons. The zero-order valence-electron chi connectivity index (χ0n) is 13.4. The lowest BCUT2D eigenvalue weighted by Crippen LogP contribution is -2.14. The molecule has 2 heterocycles. The molecule has 0 saturated carbocycles. The number of hydrogen-bond acceptors (Lipinski definition) is 6. The summed E-state index contributed by atoms with van der Waals surface area (Å²) < 4.78 is 5.19. The number of carbonyl (C=O) groups is 1. The predicted octanol–water partition coefficient (Wildman–Crippen LogP) is 1.88. The minimum absolute atomic E-state index is 0.190. The number of H-pyrrole nitrogens is 1. The molecule has 1 amide bonds. The second-order valence-electron chi connectivity index (χ2n) is 5.03. The third kappa shape index (κ3) is 4.05. The maximum absolute atomic E-state index is 12.2. The second-order valence-corrected chi connectivity index (χ2v) is 5.03. The number of anilines is 1. The van der Waals surface area contributed by atoms with Gasteiger partial charge in [0.2, 0.25) is 5.88 Å². The van der Waals surface area contributed by atoms with Crippen molar-refractivity contribution in [1.29, 1.82) is 0 Å². The van der Waals surface area contributed by atoms with E-state index in [2.05, 4.69) is 25.7 Å². The van der Waals surface area contributed by atoms with E-state index in [4.69, 9.17) is 4.74 Å². The molecule has 0 fully saturated rings. The van der Waals surface area contributed by atoms with Crippen LogP contribution in [0.3, 0.4) is 0 Å². The van der Waals surface area contributed by atoms with Gasteiger partial charge in [0.15, 0.2) is 5.69 Å². The van der Waals surface area contributed by atoms with Gasteiger partial charge in [-0.3, -0.25) is 9.59 Å². The maximum atomic E-state index is 12.2. The summed E-state index contributed by atoms with van der Waals surface area (Å²) in [7, 11) is 0. The molecule has 0 bridgehead atoms. The van der Waals surface area contributed by atoms with Crippen molar-refractivity contribution in [1.82, 2.24) is 20.4 Å². The van der Waals surface area contributed by atoms with Gasteiger partial charge in [0.05, 0.1) is 12.3 Å². The second kappa shape index (κ2) is 7.35. The zero-order valence-corrected chi connectivity index (χ0v) is 13.4. The SMILES string of the molecule is CCOc1ccc(C(=O)Nc2ccc(-c3ccc(=O)[nH]n3)cc2)nn1. The Bertz CT molecular complexity index is 900. The van der Waals surface area contributed by atoms with Crippen molar-refractivity contribution in [3.8, 4) is 17.1 Å². The summed E-state index contributed by atoms with van der Waals surface area (Å²) >= 11 is 0. The third-order valence-corrected chi connectivity index (χ3v) is 3.28. The van der Waals surface area contributed by atoms with Gasteiger partial charge in [0.1, 0.15) is 0 Å². The van der Waals surface area contributed by atoms with Crippen LogP contribution in [0.4, 0.5) is 5.69 Å². The predicted molar refractivity (Wildman–Crippen MR) is 91.4 cm³/mol. The van der Waals surface area contributed by atoms with Gasteiger partial charge in [-0.2, -0.15) is 5.10 Å². The first-order valence-electron chi connectivity index (χ1n) is 7.60. The Morgan fingerprint density at radius 1 is 1.08 bits per heavy atom. The zero-order chi connectivity index (χ0) is 17.6. The molecular formula is C17H15N5O3. The number of benzene rings is 1. The summed E-state index contributed by atoms with van der Waals surface area (Å²) in [6.07, 6.45) is 0. The highest BCUT2D eigenvalue weighted by Gasteiger charge is 2.09. The molecule has 0 aliphatic rings. The minimum atomic E-state index is -0.370. The van der Waals surface area contributed by atoms with Gasteiger partial charge in [0, 0.05) is 23.4 Å². The fraction of sp³-hybridized carbons (Fsp3) is 0.118. The molecule has 8 heteroatoms. The van der Waals surface area contributed by atoms with E-state index >= 15 is 0 Å². The molecule has 0 atom stereocenters.